The van der Waals surface area contributed by atoms with Gasteiger partial charge in [-0.3, -0.25) is 0 Å². The van der Waals surface area contributed by atoms with Gasteiger partial charge in [0.15, 0.2) is 0 Å². The van der Waals surface area contributed by atoms with Crippen LogP contribution in [0.15, 0.2) is 0 Å². The van der Waals surface area contributed by atoms with Crippen molar-refractivity contribution in [1.29, 1.82) is 0 Å². The van der Waals surface area contributed by atoms with Crippen LogP contribution in [0.25, 0.3) is 0 Å². The fourth-order valence-electron chi connectivity index (χ4n) is 0. The first-order chi connectivity index (χ1) is 0. The standard InChI is InChI=1S/AsH3.Ga.GeH4.H3P.3H/h1H3;;1H4;1H3;;;. The molecule has 4 heteroatoms. The molecule has 0 fully saturated rings. The van der Waals surface area contributed by atoms with Crippen LogP contribution in [0.4, 0.5) is 0 Å². The Morgan fingerprint density at radius 3 is 1.00 bits per heavy atom. The molecule has 0 aromatic heterocycles. The van der Waals surface area contributed by atoms with Crippen LogP contribution in [0.1, 0.15) is 0 Å². The molecule has 0 radical (unpaired) electrons. The maximum absolute atomic E-state index is 0. The second-order valence-corrected chi connectivity index (χ2v) is 0. The molecule has 30 valence electrons. The molecule has 0 saturated carbocycles. The third kappa shape index (κ3) is 8.90. The van der Waals surface area contributed by atoms with Crippen LogP contribution in [0, 0.1) is 0 Å². The van der Waals surface area contributed by atoms with Crippen LogP contribution in [0.2, 0.25) is 0 Å². The van der Waals surface area contributed by atoms with Crippen molar-refractivity contribution < 1.29 is 0 Å². The first-order valence-corrected chi connectivity index (χ1v) is 0. The molecule has 0 aliphatic heterocycles. The summed E-state index contributed by atoms with van der Waals surface area (Å²) >= 11 is 0. The van der Waals surface area contributed by atoms with E-state index < -0.39 is 0 Å². The summed E-state index contributed by atoms with van der Waals surface area (Å²) in [6.07, 6.45) is 0. The number of hydrogen-bond acceptors (Lipinski definition) is 0. The summed E-state index contributed by atoms with van der Waals surface area (Å²) in [6.45, 7) is 0. The maximum atomic E-state index is 0. The van der Waals surface area contributed by atoms with E-state index in [-0.39, 0.29) is 65.2 Å². The third-order valence-electron chi connectivity index (χ3n) is 0. The van der Waals surface area contributed by atoms with Gasteiger partial charge in [0.05, 0.1) is 0 Å². The van der Waals surface area contributed by atoms with Gasteiger partial charge in [0.1, 0.15) is 0 Å². The Hall–Kier alpha value is 2.17. The van der Waals surface area contributed by atoms with E-state index in [1.807, 2.05) is 0 Å². The molecule has 0 aromatic rings. The van der Waals surface area contributed by atoms with E-state index in [2.05, 4.69) is 0 Å². The van der Waals surface area contributed by atoms with Gasteiger partial charge in [-0.2, -0.15) is 9.90 Å². The van der Waals surface area contributed by atoms with E-state index in [1.54, 1.807) is 0 Å². The molecule has 0 aromatic carbocycles. The van der Waals surface area contributed by atoms with Crippen LogP contribution >= 0.6 is 9.90 Å². The summed E-state index contributed by atoms with van der Waals surface area (Å²) in [5.74, 6) is 0. The van der Waals surface area contributed by atoms with Gasteiger partial charge in [0.25, 0.3) is 0 Å². The molecule has 4 heavy (non-hydrogen) atoms. The van der Waals surface area contributed by atoms with Gasteiger partial charge in [-0.05, 0) is 0 Å². The van der Waals surface area contributed by atoms with E-state index in [1.165, 1.54) is 0 Å². The molecular formula is H13AsGaGeP. The summed E-state index contributed by atoms with van der Waals surface area (Å²) in [5.41, 5.74) is 0. The van der Waals surface area contributed by atoms with Crippen LogP contribution < -0.4 is 0 Å². The molecule has 2 atom stereocenters. The molecule has 0 bridgehead atoms. The summed E-state index contributed by atoms with van der Waals surface area (Å²) in [5, 5.41) is 0. The van der Waals surface area contributed by atoms with E-state index in [0.29, 0.717) is 0 Å². The molecule has 0 aliphatic rings. The van der Waals surface area contributed by atoms with Crippen molar-refractivity contribution in [2.75, 3.05) is 0 Å². The fraction of sp³-hybridized carbons (Fsp3) is 0. The molecular weight excluding hydrogens is 248 g/mol. The Kier molecular flexibility index (Phi) is 167. The van der Waals surface area contributed by atoms with Gasteiger partial charge < -0.3 is 0 Å². The molecule has 0 heterocycles. The molecule has 0 spiro atoms. The van der Waals surface area contributed by atoms with Gasteiger partial charge >= 0.3 is 55.3 Å². The third-order valence-corrected chi connectivity index (χ3v) is 0. The second-order valence-electron chi connectivity index (χ2n) is 0. The minimum atomic E-state index is 0. The van der Waals surface area contributed by atoms with Crippen LogP contribution in [0.3, 0.4) is 0 Å². The Morgan fingerprint density at radius 2 is 1.00 bits per heavy atom. The van der Waals surface area contributed by atoms with E-state index in [9.17, 15) is 0 Å². The molecule has 0 N–H and O–H groups in total. The van der Waals surface area contributed by atoms with E-state index >= 15 is 0 Å². The van der Waals surface area contributed by atoms with Crippen LogP contribution in [0.5, 0.6) is 0 Å². The summed E-state index contributed by atoms with van der Waals surface area (Å²) in [6, 6.07) is 0. The number of hydrogen-bond donors (Lipinski definition) is 0. The summed E-state index contributed by atoms with van der Waals surface area (Å²) in [7, 11) is 0. The van der Waals surface area contributed by atoms with Gasteiger partial charge in [-0.15, -0.1) is 0 Å². The monoisotopic (exact) mass is 262 g/mol. The second kappa shape index (κ2) is 19.1. The van der Waals surface area contributed by atoms with E-state index in [4.69, 9.17) is 0 Å². The van der Waals surface area contributed by atoms with Crippen molar-refractivity contribution in [2.45, 2.75) is 0 Å². The van der Waals surface area contributed by atoms with Crippen molar-refractivity contribution in [3.63, 3.8) is 0 Å². The number of rotatable bonds is 0. The fourth-order valence-corrected chi connectivity index (χ4v) is 0. The Morgan fingerprint density at radius 1 is 1.00 bits per heavy atom. The molecule has 0 aliphatic carbocycles. The van der Waals surface area contributed by atoms with Crippen molar-refractivity contribution in [1.82, 2.24) is 0 Å². The van der Waals surface area contributed by atoms with Gasteiger partial charge in [-0.25, -0.2) is 0 Å². The average Bonchev–Trinajstić information content (AvgIpc) is 0. The van der Waals surface area contributed by atoms with Gasteiger partial charge in [0.2, 0.25) is 0 Å². The quantitative estimate of drug-likeness (QED) is 0.310. The SMILES string of the molecule is P.[AsH3].[GaH3].[GeH4]. The zero-order valence-corrected chi connectivity index (χ0v) is 5.80. The summed E-state index contributed by atoms with van der Waals surface area (Å²) in [4.78, 5) is 0. The summed E-state index contributed by atoms with van der Waals surface area (Å²) < 4.78 is 0. The average molecular weight is 261 g/mol. The zero-order valence-electron chi connectivity index (χ0n) is 1.41. The Labute approximate surface area is 64.8 Å². The Balaban J connectivity index is 0. The van der Waals surface area contributed by atoms with Crippen LogP contribution in [-0.2, 0) is 0 Å². The zero-order chi connectivity index (χ0) is 0. The van der Waals surface area contributed by atoms with Crippen molar-refractivity contribution in [3.05, 3.63) is 0 Å². The molecule has 2 unspecified atom stereocenters. The molecule has 0 amide bonds. The van der Waals surface area contributed by atoms with Crippen molar-refractivity contribution in [2.24, 2.45) is 0 Å². The first-order valence-electron chi connectivity index (χ1n) is 0. The topological polar surface area (TPSA) is 0 Å². The molecule has 0 saturated heterocycles. The van der Waals surface area contributed by atoms with Gasteiger partial charge in [-0.1, -0.05) is 0 Å². The van der Waals surface area contributed by atoms with E-state index in [0.717, 1.165) is 0 Å². The minimum absolute atomic E-state index is 0. The molecule has 0 nitrogen and oxygen atoms in total. The predicted octanol–water partition coefficient (Wildman–Crippen LogP) is -3.76. The van der Waals surface area contributed by atoms with Crippen molar-refractivity contribution in [3.8, 4) is 0 Å². The normalized spacial score (nSPS) is 0. The van der Waals surface area contributed by atoms with Crippen LogP contribution in [-0.4, -0.2) is 55.3 Å². The predicted molar refractivity (Wildman–Crippen MR) is 42.3 cm³/mol. The van der Waals surface area contributed by atoms with Gasteiger partial charge in [0, 0.05) is 0 Å². The Bertz CT molecular complexity index is 8.00. The molecule has 0 rings (SSSR count). The van der Waals surface area contributed by atoms with Crippen molar-refractivity contribution >= 4 is 65.2 Å². The first kappa shape index (κ1) is 35.1.